The Balaban J connectivity index is 1.76. The molecule has 1 unspecified atom stereocenters. The van der Waals surface area contributed by atoms with Crippen molar-refractivity contribution in [1.82, 2.24) is 14.0 Å². The molecule has 8 nitrogen and oxygen atoms in total. The van der Waals surface area contributed by atoms with E-state index in [0.29, 0.717) is 24.7 Å². The number of nitrogens with zero attached hydrogens (tertiary/aromatic N) is 3. The van der Waals surface area contributed by atoms with Gasteiger partial charge < -0.3 is 10.6 Å². The quantitative estimate of drug-likeness (QED) is 0.674. The van der Waals surface area contributed by atoms with Gasteiger partial charge in [-0.3, -0.25) is 4.79 Å². The number of amides is 1. The molecular formula is C25H35N5O3S. The Morgan fingerprint density at radius 2 is 1.88 bits per heavy atom. The molecule has 0 aliphatic carbocycles. The molecule has 34 heavy (non-hydrogen) atoms. The van der Waals surface area contributed by atoms with Gasteiger partial charge >= 0.3 is 10.2 Å². The van der Waals surface area contributed by atoms with Crippen LogP contribution in [0.1, 0.15) is 55.1 Å². The van der Waals surface area contributed by atoms with Crippen LogP contribution in [0.5, 0.6) is 0 Å². The van der Waals surface area contributed by atoms with E-state index < -0.39 is 16.1 Å². The number of aromatic nitrogens is 1. The Kier molecular flexibility index (Phi) is 6.48. The predicted octanol–water partition coefficient (Wildman–Crippen LogP) is 3.00. The minimum absolute atomic E-state index is 0.204. The molecule has 2 aliphatic heterocycles. The maximum Gasteiger partial charge on any atom is 0.304 e. The van der Waals surface area contributed by atoms with Gasteiger partial charge in [0, 0.05) is 36.8 Å². The second-order valence-electron chi connectivity index (χ2n) is 10.2. The van der Waals surface area contributed by atoms with Crippen molar-refractivity contribution in [2.24, 2.45) is 11.7 Å². The number of pyridine rings is 1. The fourth-order valence-electron chi connectivity index (χ4n) is 4.81. The normalized spacial score (nSPS) is 22.8. The van der Waals surface area contributed by atoms with Crippen molar-refractivity contribution in [1.29, 1.82) is 0 Å². The van der Waals surface area contributed by atoms with Crippen LogP contribution in [-0.4, -0.2) is 54.8 Å². The number of benzene rings is 1. The van der Waals surface area contributed by atoms with Crippen molar-refractivity contribution >= 4 is 21.9 Å². The van der Waals surface area contributed by atoms with Gasteiger partial charge in [-0.2, -0.15) is 12.7 Å². The third-order valence-corrected chi connectivity index (χ3v) is 8.94. The molecule has 0 radical (unpaired) electrons. The van der Waals surface area contributed by atoms with Gasteiger partial charge in [0.25, 0.3) is 5.91 Å². The van der Waals surface area contributed by atoms with Crippen molar-refractivity contribution in [3.8, 4) is 11.3 Å². The highest BCUT2D eigenvalue weighted by Gasteiger charge is 2.41. The van der Waals surface area contributed by atoms with Gasteiger partial charge in [-0.1, -0.05) is 24.6 Å². The van der Waals surface area contributed by atoms with Gasteiger partial charge in [-0.25, -0.2) is 9.71 Å². The molecular weight excluding hydrogens is 450 g/mol. The predicted molar refractivity (Wildman–Crippen MR) is 135 cm³/mol. The molecule has 1 amide bonds. The molecule has 0 spiro atoms. The first kappa shape index (κ1) is 24.6. The molecule has 0 saturated carbocycles. The molecule has 2 atom stereocenters. The van der Waals surface area contributed by atoms with Crippen molar-refractivity contribution in [3.05, 3.63) is 47.0 Å². The second kappa shape index (κ2) is 8.94. The Labute approximate surface area is 202 Å². The van der Waals surface area contributed by atoms with Gasteiger partial charge in [-0.15, -0.1) is 0 Å². The van der Waals surface area contributed by atoms with Crippen LogP contribution in [0.3, 0.4) is 0 Å². The highest BCUT2D eigenvalue weighted by atomic mass is 32.2. The van der Waals surface area contributed by atoms with E-state index in [1.807, 2.05) is 13.8 Å². The Morgan fingerprint density at radius 1 is 1.15 bits per heavy atom. The average Bonchev–Trinajstić information content (AvgIpc) is 3.32. The zero-order valence-corrected chi connectivity index (χ0v) is 21.4. The minimum Gasteiger partial charge on any atom is -0.351 e. The van der Waals surface area contributed by atoms with Crippen LogP contribution in [0.25, 0.3) is 11.3 Å². The highest BCUT2D eigenvalue weighted by Crippen LogP contribution is 2.39. The molecule has 1 aromatic carbocycles. The largest absolute Gasteiger partial charge is 0.351 e. The van der Waals surface area contributed by atoms with E-state index in [2.05, 4.69) is 48.6 Å². The number of hydrogen-bond donors (Lipinski definition) is 2. The summed E-state index contributed by atoms with van der Waals surface area (Å²) in [5.74, 6) is 0.230. The standard InChI is InChI=1S/C25H35N5O3S/c1-16-6-7-17(2)21(14-16)22-9-8-20(23(27-22)30-13-10-18(3)25(30,4)5)24(31)28-34(32,33)29-12-11-19(26)15-29/h6-9,14,18-19H,10-13,15,26H2,1-5H3,(H,28,31)/t18?,19-/m0/s1. The van der Waals surface area contributed by atoms with Crippen LogP contribution in [-0.2, 0) is 10.2 Å². The summed E-state index contributed by atoms with van der Waals surface area (Å²) in [5, 5.41) is 0. The molecule has 4 rings (SSSR count). The van der Waals surface area contributed by atoms with E-state index in [4.69, 9.17) is 10.7 Å². The Bertz CT molecular complexity index is 1210. The number of nitrogens with one attached hydrogen (secondary N) is 1. The molecule has 0 bridgehead atoms. The topological polar surface area (TPSA) is 109 Å². The molecule has 2 fully saturated rings. The molecule has 9 heteroatoms. The third kappa shape index (κ3) is 4.56. The lowest BCUT2D eigenvalue weighted by atomic mass is 9.90. The number of anilines is 1. The van der Waals surface area contributed by atoms with Gasteiger partial charge in [0.2, 0.25) is 0 Å². The molecule has 1 aromatic heterocycles. The highest BCUT2D eigenvalue weighted by molar-refractivity contribution is 7.87. The molecule has 3 heterocycles. The van der Waals surface area contributed by atoms with Crippen LogP contribution in [0, 0.1) is 19.8 Å². The van der Waals surface area contributed by atoms with Gasteiger partial charge in [-0.05, 0) is 70.2 Å². The van der Waals surface area contributed by atoms with Crippen LogP contribution in [0.2, 0.25) is 0 Å². The van der Waals surface area contributed by atoms with Crippen LogP contribution in [0.15, 0.2) is 30.3 Å². The second-order valence-corrected chi connectivity index (χ2v) is 11.9. The van der Waals surface area contributed by atoms with E-state index in [0.717, 1.165) is 35.3 Å². The summed E-state index contributed by atoms with van der Waals surface area (Å²) in [6, 6.07) is 9.47. The summed E-state index contributed by atoms with van der Waals surface area (Å²) in [6.07, 6.45) is 1.54. The van der Waals surface area contributed by atoms with Gasteiger partial charge in [0.15, 0.2) is 0 Å². The van der Waals surface area contributed by atoms with Gasteiger partial charge in [0.05, 0.1) is 11.3 Å². The fourth-order valence-corrected chi connectivity index (χ4v) is 6.02. The van der Waals surface area contributed by atoms with E-state index in [9.17, 15) is 13.2 Å². The monoisotopic (exact) mass is 485 g/mol. The zero-order valence-electron chi connectivity index (χ0n) is 20.6. The summed E-state index contributed by atoms with van der Waals surface area (Å²) < 4.78 is 29.2. The number of aryl methyl sites for hydroxylation is 2. The summed E-state index contributed by atoms with van der Waals surface area (Å²) >= 11 is 0. The number of hydrogen-bond acceptors (Lipinski definition) is 6. The Morgan fingerprint density at radius 3 is 2.50 bits per heavy atom. The molecule has 3 N–H and O–H groups in total. The molecule has 2 aromatic rings. The van der Waals surface area contributed by atoms with Crippen molar-refractivity contribution in [2.45, 2.75) is 59.0 Å². The lowest BCUT2D eigenvalue weighted by Crippen LogP contribution is -2.45. The van der Waals surface area contributed by atoms with E-state index >= 15 is 0 Å². The lowest BCUT2D eigenvalue weighted by molar-refractivity contribution is 0.0979. The number of nitrogens with two attached hydrogens (primary N) is 1. The maximum absolute atomic E-state index is 13.3. The zero-order chi connectivity index (χ0) is 24.8. The fraction of sp³-hybridized carbons (Fsp3) is 0.520. The number of carbonyl (C=O) groups excluding carboxylic acids is 1. The third-order valence-electron chi connectivity index (χ3n) is 7.48. The average molecular weight is 486 g/mol. The van der Waals surface area contributed by atoms with Crippen molar-refractivity contribution < 1.29 is 13.2 Å². The Hall–Kier alpha value is -2.49. The van der Waals surface area contributed by atoms with Gasteiger partial charge in [0.1, 0.15) is 5.82 Å². The number of carbonyl (C=O) groups is 1. The van der Waals surface area contributed by atoms with Crippen molar-refractivity contribution in [2.75, 3.05) is 24.5 Å². The summed E-state index contributed by atoms with van der Waals surface area (Å²) in [5.41, 5.74) is 9.86. The van der Waals surface area contributed by atoms with Crippen LogP contribution in [0.4, 0.5) is 5.82 Å². The summed E-state index contributed by atoms with van der Waals surface area (Å²) in [7, 11) is -3.99. The molecule has 2 aliphatic rings. The lowest BCUT2D eigenvalue weighted by Gasteiger charge is -2.36. The first-order chi connectivity index (χ1) is 15.9. The smallest absolute Gasteiger partial charge is 0.304 e. The van der Waals surface area contributed by atoms with E-state index in [-0.39, 0.29) is 23.7 Å². The summed E-state index contributed by atoms with van der Waals surface area (Å²) in [4.78, 5) is 20.4. The number of rotatable bonds is 5. The first-order valence-electron chi connectivity index (χ1n) is 11.8. The maximum atomic E-state index is 13.3. The van der Waals surface area contributed by atoms with Crippen molar-refractivity contribution in [3.63, 3.8) is 0 Å². The molecule has 184 valence electrons. The van der Waals surface area contributed by atoms with E-state index in [1.165, 1.54) is 4.31 Å². The van der Waals surface area contributed by atoms with Crippen LogP contribution >= 0.6 is 0 Å². The minimum atomic E-state index is -3.99. The summed E-state index contributed by atoms with van der Waals surface area (Å²) in [6.45, 7) is 11.8. The molecule has 2 saturated heterocycles. The first-order valence-corrected chi connectivity index (χ1v) is 13.3. The van der Waals surface area contributed by atoms with E-state index in [1.54, 1.807) is 12.1 Å². The SMILES string of the molecule is Cc1ccc(C)c(-c2ccc(C(=O)NS(=O)(=O)N3CC[C@H](N)C3)c(N3CCC(C)C3(C)C)n2)c1. The van der Waals surface area contributed by atoms with Crippen LogP contribution < -0.4 is 15.4 Å².